The number of rotatable bonds is 7. The molecule has 1 spiro atoms. The Bertz CT molecular complexity index is 1350. The lowest BCUT2D eigenvalue weighted by Gasteiger charge is -2.45. The van der Waals surface area contributed by atoms with Gasteiger partial charge in [0.05, 0.1) is 19.0 Å². The van der Waals surface area contributed by atoms with Crippen LogP contribution in [0.2, 0.25) is 0 Å². The summed E-state index contributed by atoms with van der Waals surface area (Å²) in [5.41, 5.74) is 3.17. The molecule has 2 aromatic heterocycles. The highest BCUT2D eigenvalue weighted by atomic mass is 16.5. The Hall–Kier alpha value is -3.78. The number of H-pyrrole nitrogens is 1. The van der Waals surface area contributed by atoms with E-state index in [0.717, 1.165) is 49.5 Å². The summed E-state index contributed by atoms with van der Waals surface area (Å²) in [6, 6.07) is 16.1. The minimum absolute atomic E-state index is 0.122. The van der Waals surface area contributed by atoms with Crippen LogP contribution in [0.4, 0.5) is 0 Å². The fraction of sp³-hybridized carbons (Fsp3) is 0.357. The minimum atomic E-state index is -0.399. The van der Waals surface area contributed by atoms with E-state index in [-0.39, 0.29) is 5.91 Å². The highest BCUT2D eigenvalue weighted by molar-refractivity contribution is 5.88. The molecule has 4 aromatic rings. The van der Waals surface area contributed by atoms with E-state index in [2.05, 4.69) is 31.9 Å². The highest BCUT2D eigenvalue weighted by Gasteiger charge is 2.50. The lowest BCUT2D eigenvalue weighted by Crippen LogP contribution is -2.55. The number of fused-ring (bicyclic) bond motifs is 4. The van der Waals surface area contributed by atoms with Gasteiger partial charge in [0, 0.05) is 55.2 Å². The molecule has 6 rings (SSSR count). The molecule has 1 atom stereocenters. The molecule has 2 aliphatic heterocycles. The second-order valence-electron chi connectivity index (χ2n) is 9.64. The van der Waals surface area contributed by atoms with E-state index in [1.165, 1.54) is 16.6 Å². The number of carbonyl (C=O) groups excluding carboxylic acids is 1. The monoisotopic (exact) mass is 485 g/mol. The maximum Gasteiger partial charge on any atom is 0.243 e. The molecule has 2 aromatic carbocycles. The number of nitrogens with zero attached hydrogens (tertiary/aromatic N) is 4. The van der Waals surface area contributed by atoms with Crippen molar-refractivity contribution in [2.24, 2.45) is 0 Å². The largest absolute Gasteiger partial charge is 0.497 e. The predicted molar refractivity (Wildman–Crippen MR) is 137 cm³/mol. The molecular weight excluding hydrogens is 454 g/mol. The molecule has 1 amide bonds. The van der Waals surface area contributed by atoms with E-state index < -0.39 is 5.54 Å². The first-order chi connectivity index (χ1) is 17.7. The van der Waals surface area contributed by atoms with E-state index in [0.29, 0.717) is 19.7 Å². The molecule has 0 radical (unpaired) electrons. The first-order valence-corrected chi connectivity index (χ1v) is 12.5. The molecule has 0 saturated carbocycles. The van der Waals surface area contributed by atoms with Gasteiger partial charge in [0.1, 0.15) is 24.7 Å². The van der Waals surface area contributed by atoms with Gasteiger partial charge in [-0.1, -0.05) is 18.2 Å². The van der Waals surface area contributed by atoms with Crippen molar-refractivity contribution in [1.29, 1.82) is 0 Å². The number of hydrogen-bond acceptors (Lipinski definition) is 5. The number of methoxy groups -OCH3 is 1. The number of ether oxygens (including phenoxy) is 2. The van der Waals surface area contributed by atoms with Crippen molar-refractivity contribution in [3.05, 3.63) is 78.5 Å². The topological polar surface area (TPSA) is 75.6 Å². The molecule has 0 aliphatic carbocycles. The van der Waals surface area contributed by atoms with Crippen LogP contribution in [0.3, 0.4) is 0 Å². The number of carbonyl (C=O) groups is 1. The SMILES string of the molecule is COc1ccc2[nH]c3c(c2c1)CCN(C(=O)Cn1ccnc1)C31CCN(CCOc2ccccc2)C1. The fourth-order valence-corrected chi connectivity index (χ4v) is 5.86. The van der Waals surface area contributed by atoms with Gasteiger partial charge in [-0.15, -0.1) is 0 Å². The van der Waals surface area contributed by atoms with Crippen molar-refractivity contribution in [3.8, 4) is 11.5 Å². The maximum absolute atomic E-state index is 13.7. The van der Waals surface area contributed by atoms with Crippen molar-refractivity contribution >= 4 is 16.8 Å². The molecule has 8 heteroatoms. The van der Waals surface area contributed by atoms with Crippen molar-refractivity contribution in [3.63, 3.8) is 0 Å². The molecule has 1 unspecified atom stereocenters. The normalized spacial score (nSPS) is 19.6. The van der Waals surface area contributed by atoms with Crippen molar-refractivity contribution in [1.82, 2.24) is 24.3 Å². The first kappa shape index (κ1) is 22.7. The lowest BCUT2D eigenvalue weighted by atomic mass is 9.83. The Morgan fingerprint density at radius 3 is 2.83 bits per heavy atom. The summed E-state index contributed by atoms with van der Waals surface area (Å²) in [5.74, 6) is 1.86. The number of aromatic nitrogens is 3. The number of nitrogens with one attached hydrogen (secondary N) is 1. The number of aromatic amines is 1. The maximum atomic E-state index is 13.7. The average Bonchev–Trinajstić information content (AvgIpc) is 3.65. The molecule has 1 fully saturated rings. The Morgan fingerprint density at radius 1 is 1.14 bits per heavy atom. The first-order valence-electron chi connectivity index (χ1n) is 12.5. The van der Waals surface area contributed by atoms with Gasteiger partial charge in [-0.2, -0.15) is 0 Å². The van der Waals surface area contributed by atoms with Crippen LogP contribution in [-0.4, -0.2) is 70.1 Å². The smallest absolute Gasteiger partial charge is 0.243 e. The van der Waals surface area contributed by atoms with Gasteiger partial charge in [-0.3, -0.25) is 9.69 Å². The molecule has 1 saturated heterocycles. The van der Waals surface area contributed by atoms with E-state index in [1.54, 1.807) is 19.6 Å². The Labute approximate surface area is 210 Å². The van der Waals surface area contributed by atoms with Gasteiger partial charge in [-0.25, -0.2) is 4.98 Å². The van der Waals surface area contributed by atoms with E-state index in [9.17, 15) is 4.79 Å². The summed E-state index contributed by atoms with van der Waals surface area (Å²) in [6.45, 7) is 4.09. The van der Waals surface area contributed by atoms with Crippen LogP contribution in [0.5, 0.6) is 11.5 Å². The van der Waals surface area contributed by atoms with Crippen LogP contribution in [-0.2, 0) is 23.3 Å². The second-order valence-corrected chi connectivity index (χ2v) is 9.64. The average molecular weight is 486 g/mol. The Balaban J connectivity index is 1.30. The number of imidazole rings is 1. The molecule has 8 nitrogen and oxygen atoms in total. The fourth-order valence-electron chi connectivity index (χ4n) is 5.86. The predicted octanol–water partition coefficient (Wildman–Crippen LogP) is 3.44. The number of hydrogen-bond donors (Lipinski definition) is 1. The van der Waals surface area contributed by atoms with Crippen LogP contribution < -0.4 is 9.47 Å². The lowest BCUT2D eigenvalue weighted by molar-refractivity contribution is -0.139. The number of para-hydroxylation sites is 1. The summed E-state index contributed by atoms with van der Waals surface area (Å²) < 4.78 is 13.3. The Morgan fingerprint density at radius 2 is 2.03 bits per heavy atom. The molecule has 186 valence electrons. The summed E-state index contributed by atoms with van der Waals surface area (Å²) in [5, 5.41) is 1.19. The number of amides is 1. The molecule has 1 N–H and O–H groups in total. The quantitative estimate of drug-likeness (QED) is 0.434. The molecule has 36 heavy (non-hydrogen) atoms. The number of likely N-dealkylation sites (tertiary alicyclic amines) is 1. The minimum Gasteiger partial charge on any atom is -0.497 e. The summed E-state index contributed by atoms with van der Waals surface area (Å²) in [4.78, 5) is 26.0. The zero-order valence-electron chi connectivity index (χ0n) is 20.5. The third-order valence-corrected chi connectivity index (χ3v) is 7.61. The zero-order valence-corrected chi connectivity index (χ0v) is 20.5. The summed E-state index contributed by atoms with van der Waals surface area (Å²) in [7, 11) is 1.70. The third kappa shape index (κ3) is 4.01. The second kappa shape index (κ2) is 9.35. The van der Waals surface area contributed by atoms with Gasteiger partial charge >= 0.3 is 0 Å². The zero-order chi connectivity index (χ0) is 24.5. The van der Waals surface area contributed by atoms with Crippen LogP contribution >= 0.6 is 0 Å². The van der Waals surface area contributed by atoms with Gasteiger partial charge in [0.25, 0.3) is 0 Å². The van der Waals surface area contributed by atoms with Crippen molar-refractivity contribution in [2.75, 3.05) is 39.9 Å². The molecular formula is C28H31N5O3. The summed E-state index contributed by atoms with van der Waals surface area (Å²) >= 11 is 0. The molecule has 4 heterocycles. The van der Waals surface area contributed by atoms with E-state index in [1.807, 2.05) is 47.2 Å². The Kier molecular flexibility index (Phi) is 5.89. The standard InChI is InChI=1S/C28H31N5O3/c1-35-22-7-8-25-24(17-22)23-9-12-33(26(34)18-32-14-11-29-20-32)28(27(23)30-25)10-13-31(19-28)15-16-36-21-5-3-2-4-6-21/h2-8,11,14,17,20,30H,9-10,12-13,15-16,18-19H2,1H3. The third-order valence-electron chi connectivity index (χ3n) is 7.61. The van der Waals surface area contributed by atoms with Gasteiger partial charge < -0.3 is 23.9 Å². The van der Waals surface area contributed by atoms with Crippen LogP contribution in [0, 0.1) is 0 Å². The van der Waals surface area contributed by atoms with Crippen LogP contribution in [0.1, 0.15) is 17.7 Å². The highest BCUT2D eigenvalue weighted by Crippen LogP contribution is 2.45. The molecule has 2 aliphatic rings. The summed E-state index contributed by atoms with van der Waals surface area (Å²) in [6.07, 6.45) is 6.96. The molecule has 0 bridgehead atoms. The van der Waals surface area contributed by atoms with E-state index in [4.69, 9.17) is 9.47 Å². The van der Waals surface area contributed by atoms with Gasteiger partial charge in [-0.05, 0) is 48.7 Å². The van der Waals surface area contributed by atoms with Crippen molar-refractivity contribution < 1.29 is 14.3 Å². The van der Waals surface area contributed by atoms with Gasteiger partial charge in [0.15, 0.2) is 0 Å². The van der Waals surface area contributed by atoms with Crippen LogP contribution in [0.25, 0.3) is 10.9 Å². The number of benzene rings is 2. The van der Waals surface area contributed by atoms with Gasteiger partial charge in [0.2, 0.25) is 5.91 Å². The van der Waals surface area contributed by atoms with Crippen molar-refractivity contribution in [2.45, 2.75) is 24.9 Å². The van der Waals surface area contributed by atoms with Crippen LogP contribution in [0.15, 0.2) is 67.3 Å². The van der Waals surface area contributed by atoms with E-state index >= 15 is 0 Å².